The number of benzene rings is 2. The number of ether oxygens (including phenoxy) is 3. The number of aliphatic hydroxyl groups is 2. The van der Waals surface area contributed by atoms with E-state index in [0.717, 1.165) is 5.56 Å². The molecule has 0 aliphatic carbocycles. The van der Waals surface area contributed by atoms with E-state index in [-0.39, 0.29) is 13.2 Å². The summed E-state index contributed by atoms with van der Waals surface area (Å²) in [6, 6.07) is 18.1. The zero-order chi connectivity index (χ0) is 19.2. The molecule has 1 heterocycles. The highest BCUT2D eigenvalue weighted by atomic mass is 16.6. The van der Waals surface area contributed by atoms with E-state index < -0.39 is 36.5 Å². The van der Waals surface area contributed by atoms with Crippen LogP contribution in [0.15, 0.2) is 60.7 Å². The monoisotopic (exact) mass is 372 g/mol. The summed E-state index contributed by atoms with van der Waals surface area (Å²) in [5, 5.41) is 20.1. The van der Waals surface area contributed by atoms with Crippen LogP contribution in [0.4, 0.5) is 0 Å². The molecule has 2 aromatic carbocycles. The van der Waals surface area contributed by atoms with Gasteiger partial charge in [-0.1, -0.05) is 48.5 Å². The average Bonchev–Trinajstić information content (AvgIpc) is 2.71. The molecule has 1 aliphatic rings. The van der Waals surface area contributed by atoms with Gasteiger partial charge in [-0.2, -0.15) is 0 Å². The van der Waals surface area contributed by atoms with Crippen molar-refractivity contribution in [1.29, 1.82) is 0 Å². The highest BCUT2D eigenvalue weighted by Gasteiger charge is 2.46. The van der Waals surface area contributed by atoms with Gasteiger partial charge in [-0.05, 0) is 24.6 Å². The first-order chi connectivity index (χ1) is 13.1. The molecule has 2 aromatic rings. The van der Waals surface area contributed by atoms with Crippen molar-refractivity contribution in [3.63, 3.8) is 0 Å². The van der Waals surface area contributed by atoms with Crippen LogP contribution in [-0.4, -0.2) is 53.3 Å². The van der Waals surface area contributed by atoms with Crippen LogP contribution >= 0.6 is 0 Å². The molecule has 0 amide bonds. The highest BCUT2D eigenvalue weighted by molar-refractivity contribution is 5.89. The van der Waals surface area contributed by atoms with Crippen molar-refractivity contribution in [2.75, 3.05) is 6.61 Å². The summed E-state index contributed by atoms with van der Waals surface area (Å²) in [4.78, 5) is 12.5. The Morgan fingerprint density at radius 3 is 2.30 bits per heavy atom. The van der Waals surface area contributed by atoms with E-state index in [2.05, 4.69) is 0 Å². The lowest BCUT2D eigenvalue weighted by molar-refractivity contribution is -0.239. The fourth-order valence-electron chi connectivity index (χ4n) is 3.15. The quantitative estimate of drug-likeness (QED) is 0.754. The minimum absolute atomic E-state index is 0.243. The maximum Gasteiger partial charge on any atom is 0.338 e. The maximum atomic E-state index is 12.5. The summed E-state index contributed by atoms with van der Waals surface area (Å²) >= 11 is 0. The van der Waals surface area contributed by atoms with Crippen LogP contribution in [0.25, 0.3) is 0 Å². The van der Waals surface area contributed by atoms with Gasteiger partial charge in [0.1, 0.15) is 18.3 Å². The number of hydrogen-bond donors (Lipinski definition) is 2. The number of hydrogen-bond acceptors (Lipinski definition) is 6. The second-order valence-electron chi connectivity index (χ2n) is 6.55. The zero-order valence-electron chi connectivity index (χ0n) is 15.1. The minimum Gasteiger partial charge on any atom is -0.453 e. The molecular formula is C21H24O6. The first-order valence-corrected chi connectivity index (χ1v) is 8.96. The van der Waals surface area contributed by atoms with Crippen molar-refractivity contribution in [3.8, 4) is 0 Å². The Morgan fingerprint density at radius 2 is 1.67 bits per heavy atom. The lowest BCUT2D eigenvalue weighted by atomic mass is 9.95. The molecular weight excluding hydrogens is 348 g/mol. The van der Waals surface area contributed by atoms with E-state index >= 15 is 0 Å². The maximum absolute atomic E-state index is 12.5. The number of carbonyl (C=O) groups excluding carboxylic acids is 1. The molecule has 6 heteroatoms. The molecule has 2 N–H and O–H groups in total. The smallest absolute Gasteiger partial charge is 0.338 e. The van der Waals surface area contributed by atoms with Crippen LogP contribution in [0.1, 0.15) is 22.8 Å². The van der Waals surface area contributed by atoms with Crippen molar-refractivity contribution < 1.29 is 29.2 Å². The lowest BCUT2D eigenvalue weighted by Gasteiger charge is -2.42. The van der Waals surface area contributed by atoms with Gasteiger partial charge < -0.3 is 24.4 Å². The van der Waals surface area contributed by atoms with Crippen molar-refractivity contribution in [3.05, 3.63) is 71.8 Å². The first-order valence-electron chi connectivity index (χ1n) is 8.96. The predicted molar refractivity (Wildman–Crippen MR) is 98.1 cm³/mol. The van der Waals surface area contributed by atoms with Gasteiger partial charge in [-0.25, -0.2) is 4.79 Å². The van der Waals surface area contributed by atoms with Gasteiger partial charge in [0.25, 0.3) is 0 Å². The van der Waals surface area contributed by atoms with Gasteiger partial charge in [0.05, 0.1) is 24.9 Å². The molecule has 1 fully saturated rings. The molecule has 0 radical (unpaired) electrons. The molecule has 6 nitrogen and oxygen atoms in total. The molecule has 0 aromatic heterocycles. The highest BCUT2D eigenvalue weighted by Crippen LogP contribution is 2.27. The standard InChI is InChI=1S/C21H24O6/c1-14-19(27-21(24)16-10-6-3-7-11-16)20(18(23)17(12-22)26-14)25-13-15-8-4-2-5-9-15/h2-11,14,17-20,22-23H,12-13H2,1H3/t14-,17?,18-,19?,20-/m1/s1. The summed E-state index contributed by atoms with van der Waals surface area (Å²) in [7, 11) is 0. The Hall–Kier alpha value is -2.25. The summed E-state index contributed by atoms with van der Waals surface area (Å²) in [6.45, 7) is 1.62. The van der Waals surface area contributed by atoms with E-state index in [9.17, 15) is 15.0 Å². The molecule has 2 unspecified atom stereocenters. The van der Waals surface area contributed by atoms with Gasteiger partial charge >= 0.3 is 5.97 Å². The largest absolute Gasteiger partial charge is 0.453 e. The van der Waals surface area contributed by atoms with Crippen LogP contribution in [0.3, 0.4) is 0 Å². The fraction of sp³-hybridized carbons (Fsp3) is 0.381. The van der Waals surface area contributed by atoms with Crippen LogP contribution < -0.4 is 0 Å². The molecule has 1 saturated heterocycles. The molecule has 0 bridgehead atoms. The first kappa shape index (κ1) is 19.5. The van der Waals surface area contributed by atoms with Gasteiger partial charge in [0.15, 0.2) is 6.10 Å². The number of aliphatic hydroxyl groups excluding tert-OH is 2. The Bertz CT molecular complexity index is 720. The molecule has 0 saturated carbocycles. The second-order valence-corrected chi connectivity index (χ2v) is 6.55. The normalized spacial score (nSPS) is 27.9. The Labute approximate surface area is 158 Å². The summed E-state index contributed by atoms with van der Waals surface area (Å²) < 4.78 is 17.2. The summed E-state index contributed by atoms with van der Waals surface area (Å²) in [5.41, 5.74) is 1.34. The molecule has 144 valence electrons. The van der Waals surface area contributed by atoms with Gasteiger partial charge in [-0.3, -0.25) is 0 Å². The van der Waals surface area contributed by atoms with Crippen LogP contribution in [0.2, 0.25) is 0 Å². The van der Waals surface area contributed by atoms with E-state index in [4.69, 9.17) is 14.2 Å². The molecule has 1 aliphatic heterocycles. The third-order valence-electron chi connectivity index (χ3n) is 4.61. The van der Waals surface area contributed by atoms with E-state index in [1.165, 1.54) is 0 Å². The number of esters is 1. The molecule has 0 spiro atoms. The van der Waals surface area contributed by atoms with Gasteiger partial charge in [0, 0.05) is 0 Å². The SMILES string of the molecule is C[C@H]1OC(CO)[C@@H](O)[C@@H](OCc2ccccc2)C1OC(=O)c1ccccc1. The third kappa shape index (κ3) is 4.73. The average molecular weight is 372 g/mol. The van der Waals surface area contributed by atoms with Gasteiger partial charge in [0.2, 0.25) is 0 Å². The summed E-state index contributed by atoms with van der Waals surface area (Å²) in [6.07, 6.45) is -4.09. The Balaban J connectivity index is 1.76. The van der Waals surface area contributed by atoms with Crippen molar-refractivity contribution in [1.82, 2.24) is 0 Å². The molecule has 3 rings (SSSR count). The van der Waals surface area contributed by atoms with E-state index in [1.807, 2.05) is 36.4 Å². The van der Waals surface area contributed by atoms with Crippen molar-refractivity contribution in [2.45, 2.75) is 44.1 Å². The Kier molecular flexibility index (Phi) is 6.58. The fourth-order valence-corrected chi connectivity index (χ4v) is 3.15. The van der Waals surface area contributed by atoms with E-state index in [1.54, 1.807) is 31.2 Å². The van der Waals surface area contributed by atoms with Crippen LogP contribution in [0.5, 0.6) is 0 Å². The minimum atomic E-state index is -1.12. The second kappa shape index (κ2) is 9.10. The van der Waals surface area contributed by atoms with E-state index in [0.29, 0.717) is 5.56 Å². The topological polar surface area (TPSA) is 85.2 Å². The van der Waals surface area contributed by atoms with Crippen molar-refractivity contribution in [2.24, 2.45) is 0 Å². The van der Waals surface area contributed by atoms with Gasteiger partial charge in [-0.15, -0.1) is 0 Å². The zero-order valence-corrected chi connectivity index (χ0v) is 15.1. The molecule has 5 atom stereocenters. The van der Waals surface area contributed by atoms with Crippen LogP contribution in [-0.2, 0) is 20.8 Å². The molecule has 27 heavy (non-hydrogen) atoms. The number of carbonyl (C=O) groups is 1. The Morgan fingerprint density at radius 1 is 1.04 bits per heavy atom. The summed E-state index contributed by atoms with van der Waals surface area (Å²) in [5.74, 6) is -0.515. The van der Waals surface area contributed by atoms with Crippen LogP contribution in [0, 0.1) is 0 Å². The predicted octanol–water partition coefficient (Wildman–Crippen LogP) is 1.94. The third-order valence-corrected chi connectivity index (χ3v) is 4.61. The van der Waals surface area contributed by atoms with Crippen molar-refractivity contribution >= 4 is 5.97 Å². The number of rotatable bonds is 6. The lowest BCUT2D eigenvalue weighted by Crippen LogP contribution is -2.59.